The van der Waals surface area contributed by atoms with E-state index >= 15 is 0 Å². The summed E-state index contributed by atoms with van der Waals surface area (Å²) >= 11 is 1.21. The molecule has 3 heterocycles. The first-order valence-electron chi connectivity index (χ1n) is 7.78. The predicted octanol–water partition coefficient (Wildman–Crippen LogP) is 4.33. The van der Waals surface area contributed by atoms with E-state index in [1.807, 2.05) is 24.3 Å². The number of carbonyl (C=O) groups excluding carboxylic acids is 1. The first kappa shape index (κ1) is 16.2. The van der Waals surface area contributed by atoms with Gasteiger partial charge in [-0.3, -0.25) is 9.78 Å². The monoisotopic (exact) mass is 364 g/mol. The summed E-state index contributed by atoms with van der Waals surface area (Å²) in [6, 6.07) is 13.1. The van der Waals surface area contributed by atoms with Crippen LogP contribution >= 0.6 is 11.3 Å². The smallest absolute Gasteiger partial charge is 0.267 e. The van der Waals surface area contributed by atoms with Crippen LogP contribution in [0, 0.1) is 5.82 Å². The molecular formula is C19H13FN4OS. The highest BCUT2D eigenvalue weighted by Gasteiger charge is 2.18. The van der Waals surface area contributed by atoms with Gasteiger partial charge in [0, 0.05) is 29.0 Å². The van der Waals surface area contributed by atoms with E-state index in [0.29, 0.717) is 21.1 Å². The molecule has 0 saturated carbocycles. The Morgan fingerprint density at radius 1 is 1.12 bits per heavy atom. The van der Waals surface area contributed by atoms with Crippen molar-refractivity contribution in [2.75, 3.05) is 11.1 Å². The van der Waals surface area contributed by atoms with E-state index in [4.69, 9.17) is 5.73 Å². The minimum Gasteiger partial charge on any atom is -0.397 e. The van der Waals surface area contributed by atoms with Crippen LogP contribution < -0.4 is 11.1 Å². The van der Waals surface area contributed by atoms with Gasteiger partial charge in [-0.1, -0.05) is 6.07 Å². The van der Waals surface area contributed by atoms with Gasteiger partial charge in [0.25, 0.3) is 5.91 Å². The van der Waals surface area contributed by atoms with Crippen LogP contribution in [0.25, 0.3) is 21.5 Å². The molecule has 0 radical (unpaired) electrons. The topological polar surface area (TPSA) is 80.9 Å². The van der Waals surface area contributed by atoms with Crippen LogP contribution in [0.3, 0.4) is 0 Å². The number of nitrogen functional groups attached to an aromatic ring is 1. The van der Waals surface area contributed by atoms with Gasteiger partial charge in [0.05, 0.1) is 11.4 Å². The number of carbonyl (C=O) groups is 1. The number of nitrogens with one attached hydrogen (secondary N) is 1. The van der Waals surface area contributed by atoms with E-state index in [2.05, 4.69) is 15.3 Å². The summed E-state index contributed by atoms with van der Waals surface area (Å²) in [7, 11) is 0. The van der Waals surface area contributed by atoms with Crippen LogP contribution in [-0.4, -0.2) is 15.9 Å². The number of anilines is 2. The summed E-state index contributed by atoms with van der Waals surface area (Å²) in [6.45, 7) is 0. The molecule has 26 heavy (non-hydrogen) atoms. The average Bonchev–Trinajstić information content (AvgIpc) is 2.99. The van der Waals surface area contributed by atoms with Crippen molar-refractivity contribution in [3.8, 4) is 11.3 Å². The van der Waals surface area contributed by atoms with Gasteiger partial charge in [-0.2, -0.15) is 0 Å². The van der Waals surface area contributed by atoms with Gasteiger partial charge in [0.2, 0.25) is 0 Å². The maximum Gasteiger partial charge on any atom is 0.267 e. The number of thiophene rings is 1. The molecule has 4 rings (SSSR count). The van der Waals surface area contributed by atoms with Crippen LogP contribution in [0.4, 0.5) is 15.8 Å². The Labute approximate surface area is 152 Å². The van der Waals surface area contributed by atoms with E-state index in [1.165, 1.54) is 29.5 Å². The molecule has 1 aromatic carbocycles. The highest BCUT2D eigenvalue weighted by molar-refractivity contribution is 7.21. The molecule has 0 saturated heterocycles. The predicted molar refractivity (Wildman–Crippen MR) is 102 cm³/mol. The molecule has 0 spiro atoms. The molecule has 4 aromatic rings. The standard InChI is InChI=1S/C19H13FN4OS/c20-12-2-1-3-13(10-12)23-18(25)17-16(21)14-4-5-15(24-19(14)26-17)11-6-8-22-9-7-11/h1-10H,21H2,(H,23,25). The molecule has 0 aliphatic heterocycles. The third kappa shape index (κ3) is 3.00. The van der Waals surface area contributed by atoms with Crippen LogP contribution in [0.5, 0.6) is 0 Å². The fourth-order valence-corrected chi connectivity index (χ4v) is 3.59. The number of fused-ring (bicyclic) bond motifs is 1. The third-order valence-corrected chi connectivity index (χ3v) is 4.97. The second-order valence-corrected chi connectivity index (χ2v) is 6.59. The zero-order valence-electron chi connectivity index (χ0n) is 13.4. The Balaban J connectivity index is 1.69. The second kappa shape index (κ2) is 6.53. The summed E-state index contributed by atoms with van der Waals surface area (Å²) < 4.78 is 13.3. The van der Waals surface area contributed by atoms with E-state index in [0.717, 1.165) is 16.6 Å². The molecule has 0 unspecified atom stereocenters. The largest absolute Gasteiger partial charge is 0.397 e. The number of benzene rings is 1. The SMILES string of the molecule is Nc1c(C(=O)Nc2cccc(F)c2)sc2nc(-c3ccncc3)ccc12. The van der Waals surface area contributed by atoms with Crippen molar-refractivity contribution in [1.29, 1.82) is 0 Å². The molecule has 128 valence electrons. The van der Waals surface area contributed by atoms with Gasteiger partial charge >= 0.3 is 0 Å². The normalized spacial score (nSPS) is 10.8. The van der Waals surface area contributed by atoms with Gasteiger partial charge in [0.1, 0.15) is 15.5 Å². The minimum atomic E-state index is -0.421. The number of pyridine rings is 2. The van der Waals surface area contributed by atoms with Gasteiger partial charge in [-0.05, 0) is 42.5 Å². The summed E-state index contributed by atoms with van der Waals surface area (Å²) in [6.07, 6.45) is 3.39. The Bertz CT molecular complexity index is 1110. The third-order valence-electron chi connectivity index (χ3n) is 3.86. The van der Waals surface area contributed by atoms with E-state index in [-0.39, 0.29) is 5.91 Å². The Morgan fingerprint density at radius 2 is 1.92 bits per heavy atom. The minimum absolute atomic E-state index is 0.351. The highest BCUT2D eigenvalue weighted by atomic mass is 32.1. The van der Waals surface area contributed by atoms with Gasteiger partial charge < -0.3 is 11.1 Å². The summed E-state index contributed by atoms with van der Waals surface area (Å²) in [5.41, 5.74) is 8.58. The number of amides is 1. The molecule has 3 N–H and O–H groups in total. The fourth-order valence-electron chi connectivity index (χ4n) is 2.60. The maximum atomic E-state index is 13.3. The van der Waals surface area contributed by atoms with E-state index in [1.54, 1.807) is 18.5 Å². The number of nitrogens with zero attached hydrogens (tertiary/aromatic N) is 2. The fraction of sp³-hybridized carbons (Fsp3) is 0. The molecule has 5 nitrogen and oxygen atoms in total. The molecule has 3 aromatic heterocycles. The van der Waals surface area contributed by atoms with Crippen molar-refractivity contribution < 1.29 is 9.18 Å². The summed E-state index contributed by atoms with van der Waals surface area (Å²) in [4.78, 5) is 22.1. The number of rotatable bonds is 3. The van der Waals surface area contributed by atoms with Crippen LogP contribution in [-0.2, 0) is 0 Å². The van der Waals surface area contributed by atoms with Crippen molar-refractivity contribution in [2.24, 2.45) is 0 Å². The zero-order chi connectivity index (χ0) is 18.1. The lowest BCUT2D eigenvalue weighted by molar-refractivity contribution is 0.103. The molecule has 1 amide bonds. The summed E-state index contributed by atoms with van der Waals surface area (Å²) in [5, 5.41) is 3.38. The lowest BCUT2D eigenvalue weighted by Gasteiger charge is -2.04. The Hall–Kier alpha value is -3.32. The van der Waals surface area contributed by atoms with E-state index in [9.17, 15) is 9.18 Å². The number of halogens is 1. The first-order chi connectivity index (χ1) is 12.6. The molecule has 0 atom stereocenters. The molecule has 0 aliphatic carbocycles. The van der Waals surface area contributed by atoms with Gasteiger partial charge in [-0.15, -0.1) is 11.3 Å². The van der Waals surface area contributed by atoms with Crippen molar-refractivity contribution in [1.82, 2.24) is 9.97 Å². The highest BCUT2D eigenvalue weighted by Crippen LogP contribution is 2.34. The Kier molecular flexibility index (Phi) is 4.06. The van der Waals surface area contributed by atoms with Gasteiger partial charge in [-0.25, -0.2) is 9.37 Å². The molecule has 7 heteroatoms. The van der Waals surface area contributed by atoms with E-state index < -0.39 is 5.82 Å². The maximum absolute atomic E-state index is 13.3. The number of hydrogen-bond acceptors (Lipinski definition) is 5. The van der Waals surface area contributed by atoms with Crippen LogP contribution in [0.15, 0.2) is 60.9 Å². The molecule has 0 bridgehead atoms. The molecule has 0 aliphatic rings. The second-order valence-electron chi connectivity index (χ2n) is 5.59. The number of aromatic nitrogens is 2. The quantitative estimate of drug-likeness (QED) is 0.567. The van der Waals surface area contributed by atoms with Gasteiger partial charge in [0.15, 0.2) is 0 Å². The van der Waals surface area contributed by atoms with Crippen LogP contribution in [0.2, 0.25) is 0 Å². The average molecular weight is 364 g/mol. The van der Waals surface area contributed by atoms with Crippen LogP contribution in [0.1, 0.15) is 9.67 Å². The first-order valence-corrected chi connectivity index (χ1v) is 8.60. The Morgan fingerprint density at radius 3 is 2.69 bits per heavy atom. The molecule has 0 fully saturated rings. The number of nitrogens with two attached hydrogens (primary N) is 1. The lowest BCUT2D eigenvalue weighted by atomic mass is 10.1. The number of hydrogen-bond donors (Lipinski definition) is 2. The van der Waals surface area contributed by atoms with Crippen molar-refractivity contribution in [3.05, 3.63) is 71.6 Å². The zero-order valence-corrected chi connectivity index (χ0v) is 14.3. The molecular weight excluding hydrogens is 351 g/mol. The van der Waals surface area contributed by atoms with Crippen molar-refractivity contribution in [3.63, 3.8) is 0 Å². The lowest BCUT2D eigenvalue weighted by Crippen LogP contribution is -2.12. The van der Waals surface area contributed by atoms with Crippen molar-refractivity contribution >= 4 is 38.8 Å². The van der Waals surface area contributed by atoms with Crippen molar-refractivity contribution in [2.45, 2.75) is 0 Å². The summed E-state index contributed by atoms with van der Waals surface area (Å²) in [5.74, 6) is -0.808.